The first-order valence-corrected chi connectivity index (χ1v) is 9.24. The van der Waals surface area contributed by atoms with Crippen molar-refractivity contribution in [3.63, 3.8) is 0 Å². The smallest absolute Gasteiger partial charge is 0.416 e. The van der Waals surface area contributed by atoms with E-state index in [4.69, 9.17) is 4.42 Å². The summed E-state index contributed by atoms with van der Waals surface area (Å²) in [6, 6.07) is 7.05. The van der Waals surface area contributed by atoms with Gasteiger partial charge in [-0.1, -0.05) is 0 Å². The van der Waals surface area contributed by atoms with Crippen molar-refractivity contribution in [2.24, 2.45) is 0 Å². The number of aryl methyl sites for hydroxylation is 1. The minimum absolute atomic E-state index is 0.0277. The molecule has 10 heteroatoms. The highest BCUT2D eigenvalue weighted by atomic mass is 19.4. The molecule has 2 heterocycles. The SMILES string of the molecule is Cc1ccc(C(=O)N2CCN(C(=O)CNC(=O)c3ccc(C(F)(F)F)cc3)CC2)o1. The summed E-state index contributed by atoms with van der Waals surface area (Å²) < 4.78 is 43.0. The van der Waals surface area contributed by atoms with E-state index in [1.807, 2.05) is 0 Å². The lowest BCUT2D eigenvalue weighted by molar-refractivity contribution is -0.137. The van der Waals surface area contributed by atoms with Crippen LogP contribution in [0, 0.1) is 6.92 Å². The van der Waals surface area contributed by atoms with Gasteiger partial charge in [-0.2, -0.15) is 13.2 Å². The molecule has 0 radical (unpaired) electrons. The van der Waals surface area contributed by atoms with Crippen LogP contribution in [0.2, 0.25) is 0 Å². The van der Waals surface area contributed by atoms with Crippen LogP contribution in [0.5, 0.6) is 0 Å². The molecule has 0 bridgehead atoms. The topological polar surface area (TPSA) is 82.9 Å². The zero-order valence-corrected chi connectivity index (χ0v) is 16.2. The van der Waals surface area contributed by atoms with Crippen LogP contribution in [-0.4, -0.2) is 60.2 Å². The number of nitrogens with zero attached hydrogens (tertiary/aromatic N) is 2. The molecule has 2 aromatic rings. The van der Waals surface area contributed by atoms with Gasteiger partial charge in [-0.25, -0.2) is 0 Å². The van der Waals surface area contributed by atoms with Crippen LogP contribution >= 0.6 is 0 Å². The van der Waals surface area contributed by atoms with Gasteiger partial charge in [0.15, 0.2) is 5.76 Å². The van der Waals surface area contributed by atoms with Crippen LogP contribution < -0.4 is 5.32 Å². The Morgan fingerprint density at radius 3 is 2.10 bits per heavy atom. The van der Waals surface area contributed by atoms with Gasteiger partial charge < -0.3 is 19.5 Å². The predicted molar refractivity (Wildman–Crippen MR) is 99.7 cm³/mol. The number of alkyl halides is 3. The van der Waals surface area contributed by atoms with Crippen molar-refractivity contribution >= 4 is 17.7 Å². The number of hydrogen-bond donors (Lipinski definition) is 1. The summed E-state index contributed by atoms with van der Waals surface area (Å²) in [5.74, 6) is -0.340. The van der Waals surface area contributed by atoms with Crippen molar-refractivity contribution in [3.05, 3.63) is 59.0 Å². The average molecular weight is 423 g/mol. The lowest BCUT2D eigenvalue weighted by Crippen LogP contribution is -2.52. The number of piperazine rings is 1. The van der Waals surface area contributed by atoms with Crippen LogP contribution in [0.15, 0.2) is 40.8 Å². The zero-order valence-electron chi connectivity index (χ0n) is 16.2. The summed E-state index contributed by atoms with van der Waals surface area (Å²) in [6.07, 6.45) is -4.48. The van der Waals surface area contributed by atoms with Gasteiger partial charge in [-0.15, -0.1) is 0 Å². The molecular formula is C20H20F3N3O4. The minimum Gasteiger partial charge on any atom is -0.456 e. The van der Waals surface area contributed by atoms with E-state index in [9.17, 15) is 27.6 Å². The second kappa shape index (κ2) is 8.60. The van der Waals surface area contributed by atoms with E-state index in [-0.39, 0.29) is 29.7 Å². The standard InChI is InChI=1S/C20H20F3N3O4/c1-13-2-7-16(30-13)19(29)26-10-8-25(9-11-26)17(27)12-24-18(28)14-3-5-15(6-4-14)20(21,22)23/h2-7H,8-12H2,1H3,(H,24,28). The van der Waals surface area contributed by atoms with Crippen LogP contribution in [0.1, 0.15) is 32.2 Å². The number of amides is 3. The van der Waals surface area contributed by atoms with Crippen molar-refractivity contribution in [3.8, 4) is 0 Å². The molecule has 3 amide bonds. The Morgan fingerprint density at radius 1 is 0.967 bits per heavy atom. The summed E-state index contributed by atoms with van der Waals surface area (Å²) in [4.78, 5) is 39.8. The molecule has 1 fully saturated rings. The molecule has 1 aliphatic heterocycles. The van der Waals surface area contributed by atoms with Crippen molar-refractivity contribution in [1.29, 1.82) is 0 Å². The molecule has 1 aromatic carbocycles. The number of nitrogens with one attached hydrogen (secondary N) is 1. The Balaban J connectivity index is 1.46. The average Bonchev–Trinajstić information content (AvgIpc) is 3.17. The van der Waals surface area contributed by atoms with Crippen LogP contribution in [-0.2, 0) is 11.0 Å². The molecule has 0 spiro atoms. The fraction of sp³-hybridized carbons (Fsp3) is 0.350. The number of carbonyl (C=O) groups is 3. The molecule has 0 aliphatic carbocycles. The molecule has 30 heavy (non-hydrogen) atoms. The van der Waals surface area contributed by atoms with Gasteiger partial charge in [0.25, 0.3) is 11.8 Å². The maximum absolute atomic E-state index is 12.6. The van der Waals surface area contributed by atoms with Crippen LogP contribution in [0.3, 0.4) is 0 Å². The Hall–Kier alpha value is -3.30. The van der Waals surface area contributed by atoms with E-state index in [1.165, 1.54) is 4.90 Å². The Kier molecular flexibility index (Phi) is 6.14. The van der Waals surface area contributed by atoms with Gasteiger partial charge >= 0.3 is 6.18 Å². The monoisotopic (exact) mass is 423 g/mol. The highest BCUT2D eigenvalue weighted by molar-refractivity contribution is 5.96. The zero-order chi connectivity index (χ0) is 21.9. The van der Waals surface area contributed by atoms with Gasteiger partial charge in [0, 0.05) is 31.7 Å². The van der Waals surface area contributed by atoms with Crippen molar-refractivity contribution < 1.29 is 32.0 Å². The first kappa shape index (κ1) is 21.4. The van der Waals surface area contributed by atoms with E-state index in [0.29, 0.717) is 31.9 Å². The number of rotatable bonds is 4. The summed E-state index contributed by atoms with van der Waals surface area (Å²) in [7, 11) is 0. The third-order valence-corrected chi connectivity index (χ3v) is 4.75. The van der Waals surface area contributed by atoms with E-state index in [2.05, 4.69) is 5.32 Å². The molecule has 1 saturated heterocycles. The summed E-state index contributed by atoms with van der Waals surface area (Å²) in [5, 5.41) is 2.41. The number of halogens is 3. The molecule has 7 nitrogen and oxygen atoms in total. The third-order valence-electron chi connectivity index (χ3n) is 4.75. The van der Waals surface area contributed by atoms with E-state index >= 15 is 0 Å². The maximum atomic E-state index is 12.6. The summed E-state index contributed by atoms with van der Waals surface area (Å²) in [5.41, 5.74) is -0.827. The van der Waals surface area contributed by atoms with Crippen LogP contribution in [0.4, 0.5) is 13.2 Å². The highest BCUT2D eigenvalue weighted by Crippen LogP contribution is 2.29. The van der Waals surface area contributed by atoms with Gasteiger partial charge in [0.05, 0.1) is 12.1 Å². The molecule has 1 N–H and O–H groups in total. The van der Waals surface area contributed by atoms with Crippen molar-refractivity contribution in [2.75, 3.05) is 32.7 Å². The molecule has 1 aliphatic rings. The van der Waals surface area contributed by atoms with Crippen molar-refractivity contribution in [1.82, 2.24) is 15.1 Å². The lowest BCUT2D eigenvalue weighted by Gasteiger charge is -2.34. The maximum Gasteiger partial charge on any atom is 0.416 e. The minimum atomic E-state index is -4.48. The second-order valence-electron chi connectivity index (χ2n) is 6.84. The van der Waals surface area contributed by atoms with Gasteiger partial charge in [-0.3, -0.25) is 14.4 Å². The normalized spacial score (nSPS) is 14.5. The molecule has 0 atom stereocenters. The summed E-state index contributed by atoms with van der Waals surface area (Å²) >= 11 is 0. The fourth-order valence-corrected chi connectivity index (χ4v) is 3.04. The van der Waals surface area contributed by atoms with E-state index in [1.54, 1.807) is 24.0 Å². The van der Waals surface area contributed by atoms with E-state index < -0.39 is 17.6 Å². The molecular weight excluding hydrogens is 403 g/mol. The Bertz CT molecular complexity index is 930. The first-order valence-electron chi connectivity index (χ1n) is 9.24. The molecule has 1 aromatic heterocycles. The second-order valence-corrected chi connectivity index (χ2v) is 6.84. The van der Waals surface area contributed by atoms with Crippen molar-refractivity contribution in [2.45, 2.75) is 13.1 Å². The van der Waals surface area contributed by atoms with Gasteiger partial charge in [-0.05, 0) is 43.3 Å². The third kappa shape index (κ3) is 5.00. The highest BCUT2D eigenvalue weighted by Gasteiger charge is 2.30. The van der Waals surface area contributed by atoms with Gasteiger partial charge in [0.1, 0.15) is 5.76 Å². The Morgan fingerprint density at radius 2 is 1.57 bits per heavy atom. The molecule has 160 valence electrons. The Labute approximate surface area is 170 Å². The molecule has 0 unspecified atom stereocenters. The van der Waals surface area contributed by atoms with E-state index in [0.717, 1.165) is 24.3 Å². The lowest BCUT2D eigenvalue weighted by atomic mass is 10.1. The quantitative estimate of drug-likeness (QED) is 0.818. The summed E-state index contributed by atoms with van der Waals surface area (Å²) in [6.45, 7) is 2.73. The molecule has 3 rings (SSSR count). The van der Waals surface area contributed by atoms with Gasteiger partial charge in [0.2, 0.25) is 5.91 Å². The number of carbonyl (C=O) groups excluding carboxylic acids is 3. The molecule has 0 saturated carbocycles. The predicted octanol–water partition coefficient (Wildman–Crippen LogP) is 2.32. The number of hydrogen-bond acceptors (Lipinski definition) is 4. The number of benzene rings is 1. The van der Waals surface area contributed by atoms with Crippen LogP contribution in [0.25, 0.3) is 0 Å². The first-order chi connectivity index (χ1) is 14.1. The number of furan rings is 1. The fourth-order valence-electron chi connectivity index (χ4n) is 3.04. The largest absolute Gasteiger partial charge is 0.456 e.